The molecule has 2 rings (SSSR count). The van der Waals surface area contributed by atoms with Crippen LogP contribution in [0.3, 0.4) is 0 Å². The normalized spacial score (nSPS) is 10.1. The van der Waals surface area contributed by atoms with Crippen LogP contribution >= 0.6 is 11.6 Å². The number of methoxy groups -OCH3 is 3. The molecule has 2 aromatic carbocycles. The Labute approximate surface area is 137 Å². The zero-order chi connectivity index (χ0) is 17.0. The van der Waals surface area contributed by atoms with Crippen LogP contribution in [0.5, 0.6) is 17.2 Å². The summed E-state index contributed by atoms with van der Waals surface area (Å²) in [5, 5.41) is 2.92. The highest BCUT2D eigenvalue weighted by atomic mass is 35.5. The first-order valence-electron chi connectivity index (χ1n) is 6.56. The number of benzene rings is 2. The molecule has 23 heavy (non-hydrogen) atoms. The molecule has 0 heterocycles. The molecule has 0 fully saturated rings. The van der Waals surface area contributed by atoms with Crippen molar-refractivity contribution in [3.05, 3.63) is 46.7 Å². The summed E-state index contributed by atoms with van der Waals surface area (Å²) in [5.74, 6) is -0.0844. The fraction of sp³-hybridized carbons (Fsp3) is 0.188. The van der Waals surface area contributed by atoms with Crippen LogP contribution in [0.4, 0.5) is 10.1 Å². The number of hydrogen-bond acceptors (Lipinski definition) is 4. The minimum absolute atomic E-state index is 0.0569. The molecular weight excluding hydrogens is 325 g/mol. The van der Waals surface area contributed by atoms with E-state index >= 15 is 0 Å². The molecule has 0 atom stereocenters. The Kier molecular flexibility index (Phi) is 5.28. The van der Waals surface area contributed by atoms with Crippen molar-refractivity contribution in [3.63, 3.8) is 0 Å². The van der Waals surface area contributed by atoms with Crippen molar-refractivity contribution in [2.24, 2.45) is 0 Å². The fourth-order valence-corrected chi connectivity index (χ4v) is 2.25. The molecule has 0 radical (unpaired) electrons. The van der Waals surface area contributed by atoms with Gasteiger partial charge in [0.05, 0.1) is 37.6 Å². The van der Waals surface area contributed by atoms with Crippen LogP contribution in [-0.4, -0.2) is 27.2 Å². The highest BCUT2D eigenvalue weighted by molar-refractivity contribution is 6.32. The van der Waals surface area contributed by atoms with Gasteiger partial charge in [-0.05, 0) is 24.3 Å². The van der Waals surface area contributed by atoms with E-state index in [1.165, 1.54) is 39.5 Å². The molecule has 1 N–H and O–H groups in total. The van der Waals surface area contributed by atoms with E-state index in [-0.39, 0.29) is 11.3 Å². The zero-order valence-corrected chi connectivity index (χ0v) is 13.5. The van der Waals surface area contributed by atoms with Crippen molar-refractivity contribution in [1.29, 1.82) is 0 Å². The second kappa shape index (κ2) is 7.19. The number of nitrogens with one attached hydrogen (secondary N) is 1. The largest absolute Gasteiger partial charge is 0.496 e. The first-order chi connectivity index (χ1) is 11.0. The van der Waals surface area contributed by atoms with Crippen LogP contribution in [-0.2, 0) is 0 Å². The first kappa shape index (κ1) is 16.9. The minimum Gasteiger partial charge on any atom is -0.496 e. The third kappa shape index (κ3) is 3.65. The molecule has 0 aliphatic carbocycles. The summed E-state index contributed by atoms with van der Waals surface area (Å²) in [7, 11) is 4.31. The van der Waals surface area contributed by atoms with Crippen LogP contribution in [0.1, 0.15) is 10.4 Å². The summed E-state index contributed by atoms with van der Waals surface area (Å²) in [6.45, 7) is 0. The third-order valence-corrected chi connectivity index (χ3v) is 3.42. The van der Waals surface area contributed by atoms with E-state index in [2.05, 4.69) is 5.32 Å². The summed E-state index contributed by atoms with van der Waals surface area (Å²) < 4.78 is 28.8. The highest BCUT2D eigenvalue weighted by Crippen LogP contribution is 2.36. The molecule has 0 spiro atoms. The van der Waals surface area contributed by atoms with Crippen LogP contribution in [0.25, 0.3) is 0 Å². The highest BCUT2D eigenvalue weighted by Gasteiger charge is 2.17. The van der Waals surface area contributed by atoms with Gasteiger partial charge in [-0.2, -0.15) is 0 Å². The number of carbonyl (C=O) groups excluding carboxylic acids is 1. The lowest BCUT2D eigenvalue weighted by molar-refractivity contribution is 0.102. The lowest BCUT2D eigenvalue weighted by Crippen LogP contribution is -2.14. The maximum atomic E-state index is 13.4. The monoisotopic (exact) mass is 339 g/mol. The number of anilines is 1. The van der Waals surface area contributed by atoms with Crippen molar-refractivity contribution in [1.82, 2.24) is 0 Å². The van der Waals surface area contributed by atoms with Crippen molar-refractivity contribution in [3.8, 4) is 17.2 Å². The van der Waals surface area contributed by atoms with E-state index in [0.29, 0.717) is 22.2 Å². The van der Waals surface area contributed by atoms with Crippen LogP contribution in [0.15, 0.2) is 30.3 Å². The summed E-state index contributed by atoms with van der Waals surface area (Å²) in [6.07, 6.45) is 0. The Hall–Kier alpha value is -2.47. The minimum atomic E-state index is -0.555. The lowest BCUT2D eigenvalue weighted by Gasteiger charge is -2.14. The maximum Gasteiger partial charge on any atom is 0.259 e. The second-order valence-corrected chi connectivity index (χ2v) is 4.89. The number of rotatable bonds is 5. The fourth-order valence-electron chi connectivity index (χ4n) is 2.01. The van der Waals surface area contributed by atoms with Gasteiger partial charge < -0.3 is 19.5 Å². The van der Waals surface area contributed by atoms with Crippen molar-refractivity contribution >= 4 is 23.2 Å². The molecule has 0 saturated heterocycles. The van der Waals surface area contributed by atoms with Gasteiger partial charge in [0.25, 0.3) is 5.91 Å². The molecular formula is C16H15ClFNO4. The van der Waals surface area contributed by atoms with Crippen LogP contribution in [0, 0.1) is 5.82 Å². The molecule has 0 unspecified atom stereocenters. The molecule has 1 amide bonds. The Morgan fingerprint density at radius 2 is 1.65 bits per heavy atom. The van der Waals surface area contributed by atoms with E-state index in [4.69, 9.17) is 25.8 Å². The molecule has 7 heteroatoms. The van der Waals surface area contributed by atoms with Crippen LogP contribution < -0.4 is 19.5 Å². The van der Waals surface area contributed by atoms with Gasteiger partial charge in [-0.1, -0.05) is 11.6 Å². The van der Waals surface area contributed by atoms with E-state index < -0.39 is 11.7 Å². The summed E-state index contributed by atoms with van der Waals surface area (Å²) in [5.41, 5.74) is 0.385. The number of ether oxygens (including phenoxy) is 3. The van der Waals surface area contributed by atoms with Crippen LogP contribution in [0.2, 0.25) is 5.02 Å². The molecule has 0 saturated carbocycles. The summed E-state index contributed by atoms with van der Waals surface area (Å²) in [6, 6.07) is 6.71. The molecule has 122 valence electrons. The van der Waals surface area contributed by atoms with E-state index in [1.54, 1.807) is 6.07 Å². The van der Waals surface area contributed by atoms with Crippen molar-refractivity contribution in [2.45, 2.75) is 0 Å². The van der Waals surface area contributed by atoms with Gasteiger partial charge in [-0.3, -0.25) is 4.79 Å². The zero-order valence-electron chi connectivity index (χ0n) is 12.8. The lowest BCUT2D eigenvalue weighted by atomic mass is 10.1. The Morgan fingerprint density at radius 3 is 2.26 bits per heavy atom. The van der Waals surface area contributed by atoms with Gasteiger partial charge in [0.15, 0.2) is 0 Å². The molecule has 0 bridgehead atoms. The van der Waals surface area contributed by atoms with Gasteiger partial charge in [-0.15, -0.1) is 0 Å². The van der Waals surface area contributed by atoms with Gasteiger partial charge in [0.1, 0.15) is 23.1 Å². The average molecular weight is 340 g/mol. The quantitative estimate of drug-likeness (QED) is 0.901. The standard InChI is InChI=1S/C16H15ClFNO4/c1-21-13-5-4-9(18)6-10(13)16(20)19-12-7-11(17)14(22-2)8-15(12)23-3/h4-8H,1-3H3,(H,19,20). The smallest absolute Gasteiger partial charge is 0.259 e. The molecule has 2 aromatic rings. The summed E-state index contributed by atoms with van der Waals surface area (Å²) >= 11 is 6.06. The maximum absolute atomic E-state index is 13.4. The number of hydrogen-bond donors (Lipinski definition) is 1. The molecule has 5 nitrogen and oxygen atoms in total. The summed E-state index contributed by atoms with van der Waals surface area (Å²) in [4.78, 5) is 12.4. The first-order valence-corrected chi connectivity index (χ1v) is 6.94. The number of carbonyl (C=O) groups is 1. The Bertz CT molecular complexity index is 736. The molecule has 0 aliphatic heterocycles. The third-order valence-electron chi connectivity index (χ3n) is 3.13. The Balaban J connectivity index is 2.37. The van der Waals surface area contributed by atoms with E-state index in [0.717, 1.165) is 6.07 Å². The topological polar surface area (TPSA) is 56.8 Å². The van der Waals surface area contributed by atoms with E-state index in [9.17, 15) is 9.18 Å². The van der Waals surface area contributed by atoms with Gasteiger partial charge in [0, 0.05) is 6.07 Å². The van der Waals surface area contributed by atoms with Gasteiger partial charge in [0.2, 0.25) is 0 Å². The van der Waals surface area contributed by atoms with E-state index in [1.807, 2.05) is 0 Å². The molecule has 0 aromatic heterocycles. The van der Waals surface area contributed by atoms with Crippen molar-refractivity contribution in [2.75, 3.05) is 26.6 Å². The predicted molar refractivity (Wildman–Crippen MR) is 85.5 cm³/mol. The molecule has 0 aliphatic rings. The Morgan fingerprint density at radius 1 is 1.00 bits per heavy atom. The average Bonchev–Trinajstić information content (AvgIpc) is 2.55. The number of halogens is 2. The van der Waals surface area contributed by atoms with Gasteiger partial charge >= 0.3 is 0 Å². The number of amides is 1. The SMILES string of the molecule is COc1cc(OC)c(NC(=O)c2cc(F)ccc2OC)cc1Cl. The second-order valence-electron chi connectivity index (χ2n) is 4.49. The van der Waals surface area contributed by atoms with Crippen molar-refractivity contribution < 1.29 is 23.4 Å². The predicted octanol–water partition coefficient (Wildman–Crippen LogP) is 3.76. The van der Waals surface area contributed by atoms with Gasteiger partial charge in [-0.25, -0.2) is 4.39 Å².